The number of aliphatic hydroxyl groups excluding tert-OH is 1. The third-order valence-corrected chi connectivity index (χ3v) is 4.10. The van der Waals surface area contributed by atoms with Crippen LogP contribution in [-0.4, -0.2) is 35.1 Å². The summed E-state index contributed by atoms with van der Waals surface area (Å²) >= 11 is 6.76. The maximum absolute atomic E-state index is 12.3. The van der Waals surface area contributed by atoms with Gasteiger partial charge in [0.25, 0.3) is 5.91 Å². The summed E-state index contributed by atoms with van der Waals surface area (Å²) in [6, 6.07) is 5.56. The van der Waals surface area contributed by atoms with E-state index in [0.29, 0.717) is 31.5 Å². The Balaban J connectivity index is 2.16. The van der Waals surface area contributed by atoms with Crippen LogP contribution in [0.3, 0.4) is 0 Å². The number of carbonyl (C=O) groups is 1. The van der Waals surface area contributed by atoms with Crippen LogP contribution in [0.2, 0.25) is 0 Å². The fourth-order valence-corrected chi connectivity index (χ4v) is 2.68. The molecule has 1 aromatic rings. The monoisotopic (exact) mass is 361 g/mol. The van der Waals surface area contributed by atoms with Crippen molar-refractivity contribution in [1.29, 1.82) is 0 Å². The second kappa shape index (κ2) is 5.50. The van der Waals surface area contributed by atoms with Gasteiger partial charge in [-0.15, -0.1) is 0 Å². The third kappa shape index (κ3) is 3.09. The van der Waals surface area contributed by atoms with Crippen molar-refractivity contribution < 1.29 is 9.90 Å². The molecule has 2 rings (SSSR count). The van der Waals surface area contributed by atoms with Crippen molar-refractivity contribution >= 4 is 37.8 Å². The second-order valence-electron chi connectivity index (χ2n) is 4.15. The Hall–Kier alpha value is -0.390. The van der Waals surface area contributed by atoms with Gasteiger partial charge in [-0.2, -0.15) is 0 Å². The normalized spacial score (nSPS) is 17.2. The Labute approximate surface area is 117 Å². The minimum Gasteiger partial charge on any atom is -0.393 e. The number of amides is 1. The van der Waals surface area contributed by atoms with Crippen molar-refractivity contribution in [2.75, 3.05) is 13.1 Å². The average molecular weight is 363 g/mol. The molecule has 0 saturated carbocycles. The molecule has 0 bridgehead atoms. The molecule has 5 heteroatoms. The van der Waals surface area contributed by atoms with Crippen LogP contribution < -0.4 is 0 Å². The van der Waals surface area contributed by atoms with Crippen LogP contribution >= 0.6 is 31.9 Å². The van der Waals surface area contributed by atoms with E-state index in [1.807, 2.05) is 18.2 Å². The summed E-state index contributed by atoms with van der Waals surface area (Å²) in [5.74, 6) is 0.0186. The van der Waals surface area contributed by atoms with Gasteiger partial charge in [-0.25, -0.2) is 0 Å². The molecule has 0 aromatic heterocycles. The molecule has 0 aliphatic carbocycles. The quantitative estimate of drug-likeness (QED) is 0.834. The predicted molar refractivity (Wildman–Crippen MR) is 73.0 cm³/mol. The van der Waals surface area contributed by atoms with E-state index in [4.69, 9.17) is 0 Å². The van der Waals surface area contributed by atoms with Crippen LogP contribution in [0.1, 0.15) is 23.2 Å². The van der Waals surface area contributed by atoms with Gasteiger partial charge in [-0.05, 0) is 47.0 Å². The van der Waals surface area contributed by atoms with Crippen molar-refractivity contribution in [3.63, 3.8) is 0 Å². The number of halogens is 2. The molecule has 1 saturated heterocycles. The molecule has 0 spiro atoms. The average Bonchev–Trinajstić information content (AvgIpc) is 2.32. The summed E-state index contributed by atoms with van der Waals surface area (Å²) in [4.78, 5) is 14.1. The van der Waals surface area contributed by atoms with E-state index in [1.54, 1.807) is 4.90 Å². The van der Waals surface area contributed by atoms with Crippen LogP contribution in [-0.2, 0) is 0 Å². The van der Waals surface area contributed by atoms with Crippen molar-refractivity contribution in [2.45, 2.75) is 18.9 Å². The number of nitrogens with zero attached hydrogens (tertiary/aromatic N) is 1. The molecule has 17 heavy (non-hydrogen) atoms. The first kappa shape index (κ1) is 13.1. The zero-order valence-corrected chi connectivity index (χ0v) is 12.4. The van der Waals surface area contributed by atoms with Crippen LogP contribution in [0.5, 0.6) is 0 Å². The lowest BCUT2D eigenvalue weighted by molar-refractivity contribution is 0.0545. The van der Waals surface area contributed by atoms with E-state index in [1.165, 1.54) is 0 Å². The van der Waals surface area contributed by atoms with Gasteiger partial charge in [0, 0.05) is 22.0 Å². The molecular weight excluding hydrogens is 350 g/mol. The highest BCUT2D eigenvalue weighted by Gasteiger charge is 2.23. The number of likely N-dealkylation sites (tertiary alicyclic amines) is 1. The van der Waals surface area contributed by atoms with Crippen molar-refractivity contribution in [3.05, 3.63) is 32.7 Å². The summed E-state index contributed by atoms with van der Waals surface area (Å²) in [6.07, 6.45) is 1.07. The smallest absolute Gasteiger partial charge is 0.255 e. The van der Waals surface area contributed by atoms with E-state index < -0.39 is 0 Å². The molecular formula is C12H13Br2NO2. The molecule has 1 N–H and O–H groups in total. The largest absolute Gasteiger partial charge is 0.393 e. The Morgan fingerprint density at radius 1 is 1.29 bits per heavy atom. The number of benzene rings is 1. The number of rotatable bonds is 1. The zero-order valence-electron chi connectivity index (χ0n) is 9.20. The maximum Gasteiger partial charge on any atom is 0.255 e. The standard InChI is InChI=1S/C12H13Br2NO2/c13-8-1-2-11(14)10(7-8)12(17)15-5-3-9(16)4-6-15/h1-2,7,9,16H,3-6H2. The van der Waals surface area contributed by atoms with E-state index in [2.05, 4.69) is 31.9 Å². The lowest BCUT2D eigenvalue weighted by Gasteiger charge is -2.29. The highest BCUT2D eigenvalue weighted by molar-refractivity contribution is 9.11. The molecule has 1 aliphatic rings. The minimum atomic E-state index is -0.259. The Morgan fingerprint density at radius 2 is 1.94 bits per heavy atom. The first-order valence-corrected chi connectivity index (χ1v) is 7.09. The Morgan fingerprint density at radius 3 is 2.59 bits per heavy atom. The van der Waals surface area contributed by atoms with Crippen molar-refractivity contribution in [1.82, 2.24) is 4.90 Å². The van der Waals surface area contributed by atoms with Gasteiger partial charge in [0.05, 0.1) is 11.7 Å². The van der Waals surface area contributed by atoms with Crippen LogP contribution in [0, 0.1) is 0 Å². The predicted octanol–water partition coefficient (Wildman–Crippen LogP) is 2.81. The topological polar surface area (TPSA) is 40.5 Å². The second-order valence-corrected chi connectivity index (χ2v) is 5.92. The molecule has 0 atom stereocenters. The lowest BCUT2D eigenvalue weighted by Crippen LogP contribution is -2.40. The van der Waals surface area contributed by atoms with Gasteiger partial charge in [0.1, 0.15) is 0 Å². The molecule has 0 radical (unpaired) electrons. The van der Waals surface area contributed by atoms with Gasteiger partial charge < -0.3 is 10.0 Å². The number of aliphatic hydroxyl groups is 1. The van der Waals surface area contributed by atoms with Crippen LogP contribution in [0.4, 0.5) is 0 Å². The highest BCUT2D eigenvalue weighted by Crippen LogP contribution is 2.24. The Bertz CT molecular complexity index is 429. The molecule has 1 aromatic carbocycles. The third-order valence-electron chi connectivity index (χ3n) is 2.91. The summed E-state index contributed by atoms with van der Waals surface area (Å²) in [5, 5.41) is 9.42. The van der Waals surface area contributed by atoms with Gasteiger partial charge >= 0.3 is 0 Å². The van der Waals surface area contributed by atoms with E-state index in [0.717, 1.165) is 8.95 Å². The Kier molecular flexibility index (Phi) is 4.22. The summed E-state index contributed by atoms with van der Waals surface area (Å²) in [6.45, 7) is 1.25. The zero-order chi connectivity index (χ0) is 12.4. The van der Waals surface area contributed by atoms with Gasteiger partial charge in [0.15, 0.2) is 0 Å². The minimum absolute atomic E-state index is 0.0186. The molecule has 0 unspecified atom stereocenters. The highest BCUT2D eigenvalue weighted by atomic mass is 79.9. The lowest BCUT2D eigenvalue weighted by atomic mass is 10.1. The molecule has 1 fully saturated rings. The first-order valence-electron chi connectivity index (χ1n) is 5.50. The van der Waals surface area contributed by atoms with Crippen molar-refractivity contribution in [3.8, 4) is 0 Å². The van der Waals surface area contributed by atoms with E-state index in [9.17, 15) is 9.90 Å². The number of piperidine rings is 1. The van der Waals surface area contributed by atoms with Gasteiger partial charge in [-0.1, -0.05) is 15.9 Å². The van der Waals surface area contributed by atoms with E-state index in [-0.39, 0.29) is 12.0 Å². The molecule has 1 aliphatic heterocycles. The molecule has 3 nitrogen and oxygen atoms in total. The fourth-order valence-electron chi connectivity index (χ4n) is 1.90. The summed E-state index contributed by atoms with van der Waals surface area (Å²) < 4.78 is 1.69. The molecule has 92 valence electrons. The van der Waals surface area contributed by atoms with Gasteiger partial charge in [-0.3, -0.25) is 4.79 Å². The number of hydrogen-bond acceptors (Lipinski definition) is 2. The molecule has 1 amide bonds. The van der Waals surface area contributed by atoms with Crippen LogP contribution in [0.15, 0.2) is 27.1 Å². The number of carbonyl (C=O) groups excluding carboxylic acids is 1. The number of hydrogen-bond donors (Lipinski definition) is 1. The summed E-state index contributed by atoms with van der Waals surface area (Å²) in [5.41, 5.74) is 0.663. The van der Waals surface area contributed by atoms with E-state index >= 15 is 0 Å². The van der Waals surface area contributed by atoms with Gasteiger partial charge in [0.2, 0.25) is 0 Å². The van der Waals surface area contributed by atoms with Crippen molar-refractivity contribution in [2.24, 2.45) is 0 Å². The SMILES string of the molecule is O=C(c1cc(Br)ccc1Br)N1CCC(O)CC1. The fraction of sp³-hybridized carbons (Fsp3) is 0.417. The van der Waals surface area contributed by atoms with Crippen LogP contribution in [0.25, 0.3) is 0 Å². The maximum atomic E-state index is 12.3. The molecule has 1 heterocycles. The first-order chi connectivity index (χ1) is 8.08. The summed E-state index contributed by atoms with van der Waals surface area (Å²) in [7, 11) is 0.